The Morgan fingerprint density at radius 3 is 2.79 bits per heavy atom. The number of nitrogens with one attached hydrogen (secondary N) is 1. The van der Waals surface area contributed by atoms with E-state index in [1.54, 1.807) is 12.4 Å². The lowest BCUT2D eigenvalue weighted by atomic mass is 10.2. The third kappa shape index (κ3) is 4.54. The summed E-state index contributed by atoms with van der Waals surface area (Å²) in [5.74, 6) is 3.00. The zero-order chi connectivity index (χ0) is 13.7. The summed E-state index contributed by atoms with van der Waals surface area (Å²) < 4.78 is 11.4. The van der Waals surface area contributed by atoms with Crippen LogP contribution in [0.2, 0.25) is 0 Å². The van der Waals surface area contributed by atoms with Crippen molar-refractivity contribution in [1.29, 1.82) is 0 Å². The molecule has 1 N–H and O–H groups in total. The van der Waals surface area contributed by atoms with E-state index in [-0.39, 0.29) is 0 Å². The molecule has 0 aliphatic carbocycles. The highest BCUT2D eigenvalue weighted by Gasteiger charge is 2.16. The summed E-state index contributed by atoms with van der Waals surface area (Å²) in [6.07, 6.45) is 3.60. The van der Waals surface area contributed by atoms with Crippen molar-refractivity contribution in [2.45, 2.75) is 20.4 Å². The third-order valence-electron chi connectivity index (χ3n) is 3.03. The summed E-state index contributed by atoms with van der Waals surface area (Å²) in [6.45, 7) is 7.72. The summed E-state index contributed by atoms with van der Waals surface area (Å²) in [5.41, 5.74) is 0.963. The Bertz CT molecular complexity index is 428. The van der Waals surface area contributed by atoms with E-state index >= 15 is 0 Å². The molecule has 6 heteroatoms. The molecule has 1 aliphatic rings. The molecule has 5 nitrogen and oxygen atoms in total. The van der Waals surface area contributed by atoms with Gasteiger partial charge in [0.1, 0.15) is 5.82 Å². The van der Waals surface area contributed by atoms with Gasteiger partial charge in [-0.3, -0.25) is 9.19 Å². The van der Waals surface area contributed by atoms with Crippen LogP contribution in [0.1, 0.15) is 19.5 Å². The van der Waals surface area contributed by atoms with Crippen molar-refractivity contribution >= 4 is 16.6 Å². The second kappa shape index (κ2) is 6.96. The Labute approximate surface area is 117 Å². The fourth-order valence-electron chi connectivity index (χ4n) is 1.99. The van der Waals surface area contributed by atoms with E-state index < -0.39 is 10.8 Å². The lowest BCUT2D eigenvalue weighted by Crippen LogP contribution is -2.38. The Kier molecular flexibility index (Phi) is 5.27. The van der Waals surface area contributed by atoms with E-state index in [1.165, 1.54) is 0 Å². The molecule has 0 unspecified atom stereocenters. The molecule has 0 saturated carbocycles. The smallest absolute Gasteiger partial charge is 0.147 e. The molecule has 1 aromatic heterocycles. The van der Waals surface area contributed by atoms with Gasteiger partial charge in [0.15, 0.2) is 0 Å². The molecular formula is C13H22N4OS. The van der Waals surface area contributed by atoms with Gasteiger partial charge in [0.05, 0.1) is 11.9 Å². The molecule has 1 fully saturated rings. The van der Waals surface area contributed by atoms with Gasteiger partial charge in [-0.2, -0.15) is 0 Å². The zero-order valence-electron chi connectivity index (χ0n) is 11.6. The maximum absolute atomic E-state index is 11.4. The molecule has 106 valence electrons. The first-order valence-electron chi connectivity index (χ1n) is 6.76. The SMILES string of the molecule is CC(C)CNCc1cncc(N2CCS(=O)CC2)n1. The summed E-state index contributed by atoms with van der Waals surface area (Å²) >= 11 is 0. The van der Waals surface area contributed by atoms with Crippen LogP contribution in [0.25, 0.3) is 0 Å². The van der Waals surface area contributed by atoms with Crippen molar-refractivity contribution in [2.24, 2.45) is 5.92 Å². The van der Waals surface area contributed by atoms with Crippen molar-refractivity contribution < 1.29 is 4.21 Å². The van der Waals surface area contributed by atoms with Crippen molar-refractivity contribution in [1.82, 2.24) is 15.3 Å². The predicted octanol–water partition coefficient (Wildman–Crippen LogP) is 0.791. The molecule has 0 spiro atoms. The number of hydrogen-bond donors (Lipinski definition) is 1. The van der Waals surface area contributed by atoms with Crippen molar-refractivity contribution in [2.75, 3.05) is 36.0 Å². The highest BCUT2D eigenvalue weighted by Crippen LogP contribution is 2.12. The number of aromatic nitrogens is 2. The van der Waals surface area contributed by atoms with Crippen LogP contribution in [-0.4, -0.2) is 45.3 Å². The van der Waals surface area contributed by atoms with E-state index in [1.807, 2.05) is 0 Å². The van der Waals surface area contributed by atoms with Gasteiger partial charge in [-0.1, -0.05) is 13.8 Å². The number of anilines is 1. The minimum atomic E-state index is -0.652. The van der Waals surface area contributed by atoms with Gasteiger partial charge in [-0.25, -0.2) is 4.98 Å². The number of hydrogen-bond acceptors (Lipinski definition) is 5. The molecule has 1 saturated heterocycles. The van der Waals surface area contributed by atoms with Gasteiger partial charge in [0.2, 0.25) is 0 Å². The first-order chi connectivity index (χ1) is 9.15. The molecule has 0 radical (unpaired) electrons. The second-order valence-corrected chi connectivity index (χ2v) is 6.92. The van der Waals surface area contributed by atoms with Crippen LogP contribution >= 0.6 is 0 Å². The van der Waals surface area contributed by atoms with Crippen molar-refractivity contribution in [3.63, 3.8) is 0 Å². The topological polar surface area (TPSA) is 58.1 Å². The first-order valence-corrected chi connectivity index (χ1v) is 8.25. The lowest BCUT2D eigenvalue weighted by molar-refractivity contribution is 0.547. The molecule has 1 aromatic rings. The van der Waals surface area contributed by atoms with Gasteiger partial charge in [0.25, 0.3) is 0 Å². The molecular weight excluding hydrogens is 260 g/mol. The van der Waals surface area contributed by atoms with Crippen LogP contribution < -0.4 is 10.2 Å². The highest BCUT2D eigenvalue weighted by atomic mass is 32.2. The molecule has 0 aromatic carbocycles. The average molecular weight is 282 g/mol. The van der Waals surface area contributed by atoms with Gasteiger partial charge in [-0.15, -0.1) is 0 Å². The normalized spacial score (nSPS) is 17.1. The summed E-state index contributed by atoms with van der Waals surface area (Å²) in [7, 11) is -0.652. The van der Waals surface area contributed by atoms with Crippen LogP contribution in [0.5, 0.6) is 0 Å². The fraction of sp³-hybridized carbons (Fsp3) is 0.692. The number of nitrogens with zero attached hydrogens (tertiary/aromatic N) is 3. The average Bonchev–Trinajstić information content (AvgIpc) is 2.39. The van der Waals surface area contributed by atoms with Gasteiger partial charge in [-0.05, 0) is 12.5 Å². The number of rotatable bonds is 5. The van der Waals surface area contributed by atoms with Crippen LogP contribution in [0.3, 0.4) is 0 Å². The van der Waals surface area contributed by atoms with Crippen LogP contribution in [0.4, 0.5) is 5.82 Å². The van der Waals surface area contributed by atoms with E-state index in [2.05, 4.69) is 34.0 Å². The van der Waals surface area contributed by atoms with E-state index in [0.29, 0.717) is 5.92 Å². The van der Waals surface area contributed by atoms with E-state index in [0.717, 1.165) is 49.2 Å². The largest absolute Gasteiger partial charge is 0.353 e. The summed E-state index contributed by atoms with van der Waals surface area (Å²) in [5, 5.41) is 3.37. The maximum Gasteiger partial charge on any atom is 0.147 e. The minimum absolute atomic E-state index is 0.633. The fourth-order valence-corrected chi connectivity index (χ4v) is 3.04. The zero-order valence-corrected chi connectivity index (χ0v) is 12.4. The quantitative estimate of drug-likeness (QED) is 0.865. The Hall–Kier alpha value is -1.01. The molecule has 19 heavy (non-hydrogen) atoms. The highest BCUT2D eigenvalue weighted by molar-refractivity contribution is 7.85. The van der Waals surface area contributed by atoms with E-state index in [9.17, 15) is 4.21 Å². The second-order valence-electron chi connectivity index (χ2n) is 5.23. The van der Waals surface area contributed by atoms with Gasteiger partial charge >= 0.3 is 0 Å². The van der Waals surface area contributed by atoms with Gasteiger partial charge < -0.3 is 10.2 Å². The Morgan fingerprint density at radius 2 is 2.11 bits per heavy atom. The van der Waals surface area contributed by atoms with Crippen LogP contribution in [-0.2, 0) is 17.3 Å². The molecule has 0 amide bonds. The molecule has 0 bridgehead atoms. The predicted molar refractivity (Wildman–Crippen MR) is 78.7 cm³/mol. The summed E-state index contributed by atoms with van der Waals surface area (Å²) in [4.78, 5) is 11.0. The van der Waals surface area contributed by atoms with Crippen molar-refractivity contribution in [3.8, 4) is 0 Å². The molecule has 2 rings (SSSR count). The van der Waals surface area contributed by atoms with Gasteiger partial charge in [0, 0.05) is 48.1 Å². The maximum atomic E-state index is 11.4. The van der Waals surface area contributed by atoms with Crippen LogP contribution in [0.15, 0.2) is 12.4 Å². The molecule has 1 aliphatic heterocycles. The lowest BCUT2D eigenvalue weighted by Gasteiger charge is -2.27. The molecule has 2 heterocycles. The van der Waals surface area contributed by atoms with Crippen LogP contribution in [0, 0.1) is 5.92 Å². The third-order valence-corrected chi connectivity index (χ3v) is 4.31. The standard InChI is InChI=1S/C13H22N4OS/c1-11(2)7-14-8-12-9-15-10-13(16-12)17-3-5-19(18)6-4-17/h9-11,14H,3-8H2,1-2H3. The Balaban J connectivity index is 1.93. The summed E-state index contributed by atoms with van der Waals surface area (Å²) in [6, 6.07) is 0. The first kappa shape index (κ1) is 14.4. The Morgan fingerprint density at radius 1 is 1.37 bits per heavy atom. The van der Waals surface area contributed by atoms with Crippen molar-refractivity contribution in [3.05, 3.63) is 18.1 Å². The molecule has 0 atom stereocenters. The minimum Gasteiger partial charge on any atom is -0.353 e. The monoisotopic (exact) mass is 282 g/mol. The van der Waals surface area contributed by atoms with E-state index in [4.69, 9.17) is 0 Å².